The molecule has 148 valence electrons. The normalized spacial score (nSPS) is 14.7. The van der Waals surface area contributed by atoms with Crippen molar-refractivity contribution in [3.05, 3.63) is 54.2 Å². The Bertz CT molecular complexity index is 805. The molecule has 0 radical (unpaired) electrons. The lowest BCUT2D eigenvalue weighted by molar-refractivity contribution is -0.134. The summed E-state index contributed by atoms with van der Waals surface area (Å²) in [7, 11) is 0. The number of aromatic nitrogens is 1. The van der Waals surface area contributed by atoms with Crippen LogP contribution in [0.1, 0.15) is 32.8 Å². The van der Waals surface area contributed by atoms with Crippen LogP contribution in [0.3, 0.4) is 0 Å². The largest absolute Gasteiger partial charge is 0.353 e. The lowest BCUT2D eigenvalue weighted by atomic mass is 9.87. The highest BCUT2D eigenvalue weighted by Crippen LogP contribution is 2.23. The molecular weight excluding hydrogens is 352 g/mol. The van der Waals surface area contributed by atoms with E-state index < -0.39 is 0 Å². The van der Waals surface area contributed by atoms with Crippen molar-refractivity contribution < 1.29 is 9.59 Å². The average Bonchev–Trinajstić information content (AvgIpc) is 2.68. The molecule has 2 aromatic rings. The number of carbonyl (C=O) groups excluding carboxylic acids is 2. The van der Waals surface area contributed by atoms with Crippen LogP contribution in [0.2, 0.25) is 0 Å². The van der Waals surface area contributed by atoms with Gasteiger partial charge in [0.05, 0.1) is 0 Å². The summed E-state index contributed by atoms with van der Waals surface area (Å²) in [5.41, 5.74) is 1.98. The summed E-state index contributed by atoms with van der Waals surface area (Å²) in [4.78, 5) is 33.0. The molecule has 1 aromatic carbocycles. The second-order valence-corrected chi connectivity index (χ2v) is 8.11. The predicted molar refractivity (Wildman–Crippen MR) is 111 cm³/mol. The minimum absolute atomic E-state index is 0.0654. The van der Waals surface area contributed by atoms with Crippen molar-refractivity contribution in [1.29, 1.82) is 0 Å². The molecule has 3 rings (SSSR count). The summed E-state index contributed by atoms with van der Waals surface area (Å²) in [5, 5.41) is 2.82. The Morgan fingerprint density at radius 3 is 2.25 bits per heavy atom. The van der Waals surface area contributed by atoms with Gasteiger partial charge in [-0.3, -0.25) is 9.59 Å². The number of nitrogens with one attached hydrogen (secondary N) is 1. The monoisotopic (exact) mass is 380 g/mol. The van der Waals surface area contributed by atoms with Gasteiger partial charge in [-0.05, 0) is 35.2 Å². The molecule has 28 heavy (non-hydrogen) atoms. The van der Waals surface area contributed by atoms with Gasteiger partial charge in [0.15, 0.2) is 0 Å². The first-order valence-corrected chi connectivity index (χ1v) is 9.67. The quantitative estimate of drug-likeness (QED) is 0.828. The van der Waals surface area contributed by atoms with Gasteiger partial charge in [-0.2, -0.15) is 0 Å². The van der Waals surface area contributed by atoms with E-state index in [1.54, 1.807) is 11.1 Å². The molecule has 0 atom stereocenters. The fraction of sp³-hybridized carbons (Fsp3) is 0.409. The molecule has 1 aliphatic heterocycles. The maximum absolute atomic E-state index is 12.5. The van der Waals surface area contributed by atoms with E-state index in [0.29, 0.717) is 18.8 Å². The average molecular weight is 380 g/mol. The van der Waals surface area contributed by atoms with Crippen LogP contribution in [0.25, 0.3) is 0 Å². The number of pyridine rings is 1. The van der Waals surface area contributed by atoms with Gasteiger partial charge in [0.25, 0.3) is 0 Å². The SMILES string of the molecule is CC(C)(C)c1ccc(NC(=O)CC(=O)N2CCN(c3ccccn3)CC2)cc1. The Morgan fingerprint density at radius 1 is 1.00 bits per heavy atom. The summed E-state index contributed by atoms with van der Waals surface area (Å²) in [6, 6.07) is 13.6. The molecule has 1 aliphatic rings. The number of piperazine rings is 1. The first kappa shape index (κ1) is 19.9. The summed E-state index contributed by atoms with van der Waals surface area (Å²) in [6.45, 7) is 9.08. The number of amides is 2. The van der Waals surface area contributed by atoms with E-state index in [9.17, 15) is 9.59 Å². The minimum atomic E-state index is -0.277. The van der Waals surface area contributed by atoms with Gasteiger partial charge >= 0.3 is 0 Å². The fourth-order valence-electron chi connectivity index (χ4n) is 3.23. The molecule has 1 N–H and O–H groups in total. The molecule has 1 saturated heterocycles. The van der Waals surface area contributed by atoms with Gasteiger partial charge in [0.2, 0.25) is 11.8 Å². The van der Waals surface area contributed by atoms with Gasteiger partial charge in [-0.25, -0.2) is 4.98 Å². The van der Waals surface area contributed by atoms with E-state index in [1.807, 2.05) is 42.5 Å². The highest BCUT2D eigenvalue weighted by molar-refractivity contribution is 6.03. The molecule has 2 amide bonds. The van der Waals surface area contributed by atoms with Crippen LogP contribution in [0.4, 0.5) is 11.5 Å². The molecule has 6 heteroatoms. The highest BCUT2D eigenvalue weighted by atomic mass is 16.2. The Labute approximate surface area is 166 Å². The first-order valence-electron chi connectivity index (χ1n) is 9.67. The van der Waals surface area contributed by atoms with Crippen LogP contribution in [-0.2, 0) is 15.0 Å². The zero-order valence-electron chi connectivity index (χ0n) is 16.8. The van der Waals surface area contributed by atoms with Crippen molar-refractivity contribution in [2.75, 3.05) is 36.4 Å². The predicted octanol–water partition coefficient (Wildman–Crippen LogP) is 3.06. The zero-order valence-corrected chi connectivity index (χ0v) is 16.8. The standard InChI is InChI=1S/C22H28N4O2/c1-22(2,3)17-7-9-18(10-8-17)24-20(27)16-21(28)26-14-12-25(13-15-26)19-6-4-5-11-23-19/h4-11H,12-16H2,1-3H3,(H,24,27). The number of hydrogen-bond acceptors (Lipinski definition) is 4. The van der Waals surface area contributed by atoms with Crippen molar-refractivity contribution >= 4 is 23.3 Å². The van der Waals surface area contributed by atoms with Crippen LogP contribution in [0.5, 0.6) is 0 Å². The van der Waals surface area contributed by atoms with Gasteiger partial charge < -0.3 is 15.1 Å². The molecule has 1 aromatic heterocycles. The van der Waals surface area contributed by atoms with E-state index in [1.165, 1.54) is 5.56 Å². The molecule has 2 heterocycles. The molecule has 0 bridgehead atoms. The summed E-state index contributed by atoms with van der Waals surface area (Å²) in [6.07, 6.45) is 1.63. The molecule has 0 aliphatic carbocycles. The molecule has 0 spiro atoms. The Balaban J connectivity index is 1.48. The molecule has 6 nitrogen and oxygen atoms in total. The maximum atomic E-state index is 12.5. The van der Waals surface area contributed by atoms with Crippen LogP contribution in [-0.4, -0.2) is 47.9 Å². The number of rotatable bonds is 4. The second-order valence-electron chi connectivity index (χ2n) is 8.11. The van der Waals surface area contributed by atoms with E-state index in [-0.39, 0.29) is 23.7 Å². The lowest BCUT2D eigenvalue weighted by Gasteiger charge is -2.35. The van der Waals surface area contributed by atoms with Gasteiger partial charge in [-0.15, -0.1) is 0 Å². The van der Waals surface area contributed by atoms with E-state index in [4.69, 9.17) is 0 Å². The molecular formula is C22H28N4O2. The smallest absolute Gasteiger partial charge is 0.233 e. The fourth-order valence-corrected chi connectivity index (χ4v) is 3.23. The van der Waals surface area contributed by atoms with Crippen molar-refractivity contribution in [2.24, 2.45) is 0 Å². The van der Waals surface area contributed by atoms with Crippen LogP contribution in [0, 0.1) is 0 Å². The molecule has 1 fully saturated rings. The van der Waals surface area contributed by atoms with Crippen molar-refractivity contribution in [3.8, 4) is 0 Å². The number of carbonyl (C=O) groups is 2. The topological polar surface area (TPSA) is 65.5 Å². The number of hydrogen-bond donors (Lipinski definition) is 1. The minimum Gasteiger partial charge on any atom is -0.353 e. The van der Waals surface area contributed by atoms with Crippen molar-refractivity contribution in [2.45, 2.75) is 32.6 Å². The third-order valence-corrected chi connectivity index (χ3v) is 4.95. The van der Waals surface area contributed by atoms with E-state index in [0.717, 1.165) is 18.9 Å². The summed E-state index contributed by atoms with van der Waals surface area (Å²) < 4.78 is 0. The Kier molecular flexibility index (Phi) is 5.97. The molecule has 0 saturated carbocycles. The van der Waals surface area contributed by atoms with E-state index in [2.05, 4.69) is 36.0 Å². The number of nitrogens with zero attached hydrogens (tertiary/aromatic N) is 3. The first-order chi connectivity index (χ1) is 13.3. The maximum Gasteiger partial charge on any atom is 0.233 e. The third kappa shape index (κ3) is 5.09. The lowest BCUT2D eigenvalue weighted by Crippen LogP contribution is -2.49. The van der Waals surface area contributed by atoms with Crippen molar-refractivity contribution in [1.82, 2.24) is 9.88 Å². The Hall–Kier alpha value is -2.89. The number of benzene rings is 1. The Morgan fingerprint density at radius 2 is 1.68 bits per heavy atom. The highest BCUT2D eigenvalue weighted by Gasteiger charge is 2.23. The summed E-state index contributed by atoms with van der Waals surface area (Å²) in [5.74, 6) is 0.510. The van der Waals surface area contributed by atoms with Crippen molar-refractivity contribution in [3.63, 3.8) is 0 Å². The van der Waals surface area contributed by atoms with Crippen LogP contribution >= 0.6 is 0 Å². The van der Waals surface area contributed by atoms with Crippen LogP contribution < -0.4 is 10.2 Å². The third-order valence-electron chi connectivity index (χ3n) is 4.95. The van der Waals surface area contributed by atoms with Gasteiger partial charge in [0, 0.05) is 38.1 Å². The van der Waals surface area contributed by atoms with Crippen LogP contribution in [0.15, 0.2) is 48.7 Å². The molecule has 0 unspecified atom stereocenters. The number of anilines is 2. The van der Waals surface area contributed by atoms with Gasteiger partial charge in [-0.1, -0.05) is 39.0 Å². The van der Waals surface area contributed by atoms with E-state index >= 15 is 0 Å². The summed E-state index contributed by atoms with van der Waals surface area (Å²) >= 11 is 0. The van der Waals surface area contributed by atoms with Gasteiger partial charge in [0.1, 0.15) is 12.2 Å². The second kappa shape index (κ2) is 8.42. The zero-order chi connectivity index (χ0) is 20.1.